The largest absolute Gasteiger partial charge is 0.481 e. The monoisotopic (exact) mass is 495 g/mol. The van der Waals surface area contributed by atoms with Gasteiger partial charge in [0, 0.05) is 23.1 Å². The highest BCUT2D eigenvalue weighted by atomic mass is 19.1. The number of benzene rings is 2. The summed E-state index contributed by atoms with van der Waals surface area (Å²) < 4.78 is 25.8. The summed E-state index contributed by atoms with van der Waals surface area (Å²) in [5.74, 6) is -0.230. The van der Waals surface area contributed by atoms with Crippen LogP contribution in [0.15, 0.2) is 47.0 Å². The normalized spacial score (nSPS) is 20.8. The number of aliphatic hydroxyl groups excluding tert-OH is 2. The molecule has 3 atom stereocenters. The quantitative estimate of drug-likeness (QED) is 0.406. The number of nitrogens with zero attached hydrogens (tertiary/aromatic N) is 2. The van der Waals surface area contributed by atoms with Crippen molar-refractivity contribution < 1.29 is 33.5 Å². The Morgan fingerprint density at radius 2 is 1.81 bits per heavy atom. The Labute approximate surface area is 206 Å². The highest BCUT2D eigenvalue weighted by Gasteiger charge is 2.33. The molecule has 0 aliphatic heterocycles. The molecule has 1 amide bonds. The molecule has 2 aromatic carbocycles. The Hall–Kier alpha value is -3.63. The minimum Gasteiger partial charge on any atom is -0.481 e. The third kappa shape index (κ3) is 5.14. The number of ether oxygens (including phenoxy) is 1. The van der Waals surface area contributed by atoms with E-state index < -0.39 is 36.1 Å². The first kappa shape index (κ1) is 24.1. The standard InChI is InChI=1S/C26H26FN3O6/c1-13(35-18-7-4-15(5-8-18)23(33)14-2-3-14)26-29-24(30-36-26)16-6-9-19(20(27)10-16)25(34)28-17-11-21(31)22(32)12-17/h4-10,13-14,17,21-22,31-32H,2-3,11-12H2,1H3,(H,28,34)/t13-,21-,22-/m1/s1. The highest BCUT2D eigenvalue weighted by molar-refractivity contribution is 5.99. The number of Topliss-reactive ketones (excluding diaryl/α,β-unsaturated/α-hetero) is 1. The molecule has 9 nitrogen and oxygen atoms in total. The summed E-state index contributed by atoms with van der Waals surface area (Å²) in [6, 6.07) is 10.4. The zero-order valence-corrected chi connectivity index (χ0v) is 19.6. The van der Waals surface area contributed by atoms with Gasteiger partial charge in [0.25, 0.3) is 11.8 Å². The van der Waals surface area contributed by atoms with Gasteiger partial charge in [0.05, 0.1) is 17.8 Å². The number of hydrogen-bond donors (Lipinski definition) is 3. The fourth-order valence-electron chi connectivity index (χ4n) is 4.26. The summed E-state index contributed by atoms with van der Waals surface area (Å²) in [7, 11) is 0. The summed E-state index contributed by atoms with van der Waals surface area (Å²) in [5, 5.41) is 25.8. The van der Waals surface area contributed by atoms with Gasteiger partial charge in [0.1, 0.15) is 11.6 Å². The van der Waals surface area contributed by atoms with Crippen molar-refractivity contribution in [3.63, 3.8) is 0 Å². The van der Waals surface area contributed by atoms with Crippen molar-refractivity contribution in [2.75, 3.05) is 0 Å². The Morgan fingerprint density at radius 3 is 2.44 bits per heavy atom. The third-order valence-electron chi connectivity index (χ3n) is 6.49. The lowest BCUT2D eigenvalue weighted by atomic mass is 10.1. The van der Waals surface area contributed by atoms with Gasteiger partial charge in [-0.15, -0.1) is 0 Å². The molecule has 0 bridgehead atoms. The Bertz CT molecular complexity index is 1260. The lowest BCUT2D eigenvalue weighted by molar-refractivity contribution is 0.0438. The van der Waals surface area contributed by atoms with E-state index in [1.54, 1.807) is 31.2 Å². The topological polar surface area (TPSA) is 135 Å². The first-order chi connectivity index (χ1) is 17.3. The van der Waals surface area contributed by atoms with Crippen LogP contribution in [0, 0.1) is 11.7 Å². The lowest BCUT2D eigenvalue weighted by Crippen LogP contribution is -2.34. The molecule has 3 aromatic rings. The van der Waals surface area contributed by atoms with E-state index >= 15 is 0 Å². The Kier molecular flexibility index (Phi) is 6.55. The van der Waals surface area contributed by atoms with Crippen LogP contribution < -0.4 is 10.1 Å². The smallest absolute Gasteiger partial charge is 0.267 e. The average molecular weight is 496 g/mol. The molecule has 2 saturated carbocycles. The summed E-state index contributed by atoms with van der Waals surface area (Å²) in [6.07, 6.45) is -0.0891. The lowest BCUT2D eigenvalue weighted by Gasteiger charge is -2.12. The van der Waals surface area contributed by atoms with Crippen LogP contribution in [-0.4, -0.2) is 50.3 Å². The molecule has 2 fully saturated rings. The van der Waals surface area contributed by atoms with Crippen LogP contribution in [0.2, 0.25) is 0 Å². The molecule has 2 aliphatic carbocycles. The van der Waals surface area contributed by atoms with Gasteiger partial charge in [-0.3, -0.25) is 9.59 Å². The van der Waals surface area contributed by atoms with Crippen molar-refractivity contribution in [3.05, 3.63) is 65.3 Å². The van der Waals surface area contributed by atoms with Crippen molar-refractivity contribution in [1.82, 2.24) is 15.5 Å². The second kappa shape index (κ2) is 9.79. The number of hydrogen-bond acceptors (Lipinski definition) is 8. The molecule has 0 spiro atoms. The summed E-state index contributed by atoms with van der Waals surface area (Å²) >= 11 is 0. The SMILES string of the molecule is C[C@@H](Oc1ccc(C(=O)C2CC2)cc1)c1nc(-c2ccc(C(=O)NC3C[C@@H](O)[C@H](O)C3)c(F)c2)no1. The first-order valence-corrected chi connectivity index (χ1v) is 11.9. The van der Waals surface area contributed by atoms with Crippen LogP contribution >= 0.6 is 0 Å². The molecule has 1 heterocycles. The van der Waals surface area contributed by atoms with Crippen LogP contribution in [0.4, 0.5) is 4.39 Å². The predicted molar refractivity (Wildman–Crippen MR) is 125 cm³/mol. The van der Waals surface area contributed by atoms with Crippen molar-refractivity contribution in [2.45, 2.75) is 57.0 Å². The maximum absolute atomic E-state index is 14.7. The Balaban J connectivity index is 1.22. The number of ketones is 1. The fraction of sp³-hybridized carbons (Fsp3) is 0.385. The van der Waals surface area contributed by atoms with E-state index in [9.17, 15) is 24.2 Å². The summed E-state index contributed by atoms with van der Waals surface area (Å²) in [6.45, 7) is 1.73. The molecule has 3 N–H and O–H groups in total. The van der Waals surface area contributed by atoms with Gasteiger partial charge in [-0.1, -0.05) is 11.2 Å². The van der Waals surface area contributed by atoms with Crippen LogP contribution in [0.25, 0.3) is 11.4 Å². The fourth-order valence-corrected chi connectivity index (χ4v) is 4.26. The van der Waals surface area contributed by atoms with E-state index in [2.05, 4.69) is 15.5 Å². The number of carbonyl (C=O) groups excluding carboxylic acids is 2. The maximum atomic E-state index is 14.7. The van der Waals surface area contributed by atoms with Gasteiger partial charge in [-0.2, -0.15) is 4.98 Å². The van der Waals surface area contributed by atoms with Crippen LogP contribution in [0.5, 0.6) is 5.75 Å². The molecule has 10 heteroatoms. The van der Waals surface area contributed by atoms with Gasteiger partial charge in [-0.25, -0.2) is 4.39 Å². The Morgan fingerprint density at radius 1 is 1.11 bits per heavy atom. The number of amides is 1. The maximum Gasteiger partial charge on any atom is 0.267 e. The number of halogens is 1. The van der Waals surface area contributed by atoms with Gasteiger partial charge in [0.2, 0.25) is 5.82 Å². The minimum atomic E-state index is -0.905. The zero-order valence-electron chi connectivity index (χ0n) is 19.6. The second-order valence-corrected chi connectivity index (χ2v) is 9.35. The molecule has 188 valence electrons. The second-order valence-electron chi connectivity index (χ2n) is 9.35. The predicted octanol–water partition coefficient (Wildman–Crippen LogP) is 3.22. The summed E-state index contributed by atoms with van der Waals surface area (Å²) in [5.41, 5.74) is 0.815. The van der Waals surface area contributed by atoms with Crippen molar-refractivity contribution >= 4 is 11.7 Å². The highest BCUT2D eigenvalue weighted by Crippen LogP contribution is 2.33. The molecule has 1 aromatic heterocycles. The van der Waals surface area contributed by atoms with E-state index in [0.29, 0.717) is 16.9 Å². The van der Waals surface area contributed by atoms with E-state index in [0.717, 1.165) is 18.9 Å². The van der Waals surface area contributed by atoms with Gasteiger partial charge >= 0.3 is 0 Å². The minimum absolute atomic E-state index is 0.138. The van der Waals surface area contributed by atoms with Gasteiger partial charge in [-0.05, 0) is 69.0 Å². The molecule has 2 aliphatic rings. The molecule has 36 heavy (non-hydrogen) atoms. The number of carbonyl (C=O) groups is 2. The number of nitrogens with one attached hydrogen (secondary N) is 1. The van der Waals surface area contributed by atoms with Crippen molar-refractivity contribution in [3.8, 4) is 17.1 Å². The van der Waals surface area contributed by atoms with Crippen molar-refractivity contribution in [2.24, 2.45) is 5.92 Å². The van der Waals surface area contributed by atoms with E-state index in [4.69, 9.17) is 9.26 Å². The van der Waals surface area contributed by atoms with Crippen LogP contribution in [0.1, 0.15) is 65.3 Å². The average Bonchev–Trinajstić information content (AvgIpc) is 3.50. The van der Waals surface area contributed by atoms with E-state index in [1.165, 1.54) is 12.1 Å². The van der Waals surface area contributed by atoms with Gasteiger partial charge < -0.3 is 24.8 Å². The molecule has 0 radical (unpaired) electrons. The number of aliphatic hydroxyl groups is 2. The summed E-state index contributed by atoms with van der Waals surface area (Å²) in [4.78, 5) is 28.9. The molecular formula is C26H26FN3O6. The number of rotatable bonds is 8. The van der Waals surface area contributed by atoms with Crippen LogP contribution in [0.3, 0.4) is 0 Å². The van der Waals surface area contributed by atoms with Crippen molar-refractivity contribution in [1.29, 1.82) is 0 Å². The molecular weight excluding hydrogens is 469 g/mol. The van der Waals surface area contributed by atoms with E-state index in [1.807, 2.05) is 0 Å². The first-order valence-electron chi connectivity index (χ1n) is 11.9. The van der Waals surface area contributed by atoms with Gasteiger partial charge in [0.15, 0.2) is 11.9 Å². The molecule has 0 unspecified atom stereocenters. The van der Waals surface area contributed by atoms with E-state index in [-0.39, 0.29) is 41.8 Å². The molecule has 0 saturated heterocycles. The molecule has 5 rings (SSSR count). The zero-order chi connectivity index (χ0) is 25.4. The third-order valence-corrected chi connectivity index (χ3v) is 6.49. The number of aromatic nitrogens is 2. The van der Waals surface area contributed by atoms with Crippen LogP contribution in [-0.2, 0) is 0 Å².